The van der Waals surface area contributed by atoms with Gasteiger partial charge in [-0.1, -0.05) is 37.3 Å². The number of hydrogen-bond donors (Lipinski definition) is 1. The van der Waals surface area contributed by atoms with Crippen molar-refractivity contribution >= 4 is 17.5 Å². The van der Waals surface area contributed by atoms with E-state index in [0.29, 0.717) is 17.8 Å². The van der Waals surface area contributed by atoms with Crippen molar-refractivity contribution in [2.45, 2.75) is 19.9 Å². The van der Waals surface area contributed by atoms with Gasteiger partial charge in [-0.25, -0.2) is 0 Å². The molecule has 0 heterocycles. The number of amides is 2. The highest BCUT2D eigenvalue weighted by Crippen LogP contribution is 2.11. The minimum Gasteiger partial charge on any atom is -0.345 e. The molecule has 0 saturated heterocycles. The molecule has 5 heteroatoms. The molecule has 5 nitrogen and oxygen atoms in total. The molecule has 0 aromatic heterocycles. The summed E-state index contributed by atoms with van der Waals surface area (Å²) in [4.78, 5) is 27.9. The first kappa shape index (κ1) is 19.7. The van der Waals surface area contributed by atoms with Crippen LogP contribution in [0.2, 0.25) is 0 Å². The summed E-state index contributed by atoms with van der Waals surface area (Å²) in [5, 5.41) is 2.91. The van der Waals surface area contributed by atoms with Crippen LogP contribution in [0.5, 0.6) is 0 Å². The van der Waals surface area contributed by atoms with Crippen molar-refractivity contribution in [2.75, 3.05) is 32.5 Å². The van der Waals surface area contributed by atoms with Gasteiger partial charge in [0.25, 0.3) is 5.91 Å². The zero-order valence-electron chi connectivity index (χ0n) is 15.7. The van der Waals surface area contributed by atoms with E-state index < -0.39 is 0 Å². The van der Waals surface area contributed by atoms with Crippen molar-refractivity contribution in [3.63, 3.8) is 0 Å². The fourth-order valence-electron chi connectivity index (χ4n) is 2.73. The lowest BCUT2D eigenvalue weighted by Crippen LogP contribution is -2.33. The number of benzene rings is 2. The standard InChI is InChI=1S/C21H27N3O2/c1-4-14-24(15-17-8-6-5-7-9-17)16-20(25)22-19-12-10-18(11-13-19)21(26)23(2)3/h5-13H,4,14-16H2,1-3H3,(H,22,25). The SMILES string of the molecule is CCCN(CC(=O)Nc1ccc(C(=O)N(C)C)cc1)Cc1ccccc1. The van der Waals surface area contributed by atoms with Gasteiger partial charge in [0.15, 0.2) is 0 Å². The Kier molecular flexibility index (Phi) is 7.36. The second-order valence-corrected chi connectivity index (χ2v) is 6.52. The lowest BCUT2D eigenvalue weighted by molar-refractivity contribution is -0.117. The van der Waals surface area contributed by atoms with E-state index in [2.05, 4.69) is 29.3 Å². The van der Waals surface area contributed by atoms with Crippen LogP contribution in [0.25, 0.3) is 0 Å². The Balaban J connectivity index is 1.94. The molecule has 0 atom stereocenters. The molecule has 2 aromatic carbocycles. The third-order valence-corrected chi connectivity index (χ3v) is 3.98. The molecule has 0 aliphatic heterocycles. The van der Waals surface area contributed by atoms with Crippen molar-refractivity contribution in [2.24, 2.45) is 0 Å². The van der Waals surface area contributed by atoms with Crippen LogP contribution >= 0.6 is 0 Å². The lowest BCUT2D eigenvalue weighted by atomic mass is 10.2. The second-order valence-electron chi connectivity index (χ2n) is 6.52. The van der Waals surface area contributed by atoms with Crippen molar-refractivity contribution in [3.8, 4) is 0 Å². The average Bonchev–Trinajstić information content (AvgIpc) is 2.62. The first-order valence-electron chi connectivity index (χ1n) is 8.87. The monoisotopic (exact) mass is 353 g/mol. The fraction of sp³-hybridized carbons (Fsp3) is 0.333. The van der Waals surface area contributed by atoms with Gasteiger partial charge in [-0.05, 0) is 42.8 Å². The molecule has 0 aliphatic rings. The Morgan fingerprint density at radius 3 is 2.19 bits per heavy atom. The molecule has 0 spiro atoms. The Labute approximate surface area is 155 Å². The van der Waals surface area contributed by atoms with Gasteiger partial charge in [0, 0.05) is 31.9 Å². The summed E-state index contributed by atoms with van der Waals surface area (Å²) in [6, 6.07) is 17.1. The molecule has 0 fully saturated rings. The van der Waals surface area contributed by atoms with Gasteiger partial charge in [-0.15, -0.1) is 0 Å². The maximum absolute atomic E-state index is 12.4. The van der Waals surface area contributed by atoms with Gasteiger partial charge in [0.2, 0.25) is 5.91 Å². The molecule has 2 aromatic rings. The number of hydrogen-bond acceptors (Lipinski definition) is 3. The van der Waals surface area contributed by atoms with Gasteiger partial charge in [0.05, 0.1) is 6.54 Å². The summed E-state index contributed by atoms with van der Waals surface area (Å²) >= 11 is 0. The van der Waals surface area contributed by atoms with Crippen molar-refractivity contribution < 1.29 is 9.59 Å². The maximum atomic E-state index is 12.4. The highest BCUT2D eigenvalue weighted by Gasteiger charge is 2.12. The van der Waals surface area contributed by atoms with E-state index in [-0.39, 0.29) is 11.8 Å². The summed E-state index contributed by atoms with van der Waals surface area (Å²) in [7, 11) is 3.43. The molecule has 1 N–H and O–H groups in total. The zero-order chi connectivity index (χ0) is 18.9. The van der Waals surface area contributed by atoms with E-state index >= 15 is 0 Å². The Morgan fingerprint density at radius 2 is 1.62 bits per heavy atom. The van der Waals surface area contributed by atoms with Crippen LogP contribution < -0.4 is 5.32 Å². The predicted octanol–water partition coefficient (Wildman–Crippen LogP) is 3.24. The third-order valence-electron chi connectivity index (χ3n) is 3.98. The predicted molar refractivity (Wildman–Crippen MR) is 105 cm³/mol. The molecule has 0 radical (unpaired) electrons. The summed E-state index contributed by atoms with van der Waals surface area (Å²) < 4.78 is 0. The Morgan fingerprint density at radius 1 is 0.962 bits per heavy atom. The van der Waals surface area contributed by atoms with E-state index in [9.17, 15) is 9.59 Å². The van der Waals surface area contributed by atoms with Crippen molar-refractivity contribution in [1.29, 1.82) is 0 Å². The molecule has 0 saturated carbocycles. The van der Waals surface area contributed by atoms with Crippen LogP contribution in [0.3, 0.4) is 0 Å². The van der Waals surface area contributed by atoms with Crippen LogP contribution in [0.1, 0.15) is 29.3 Å². The van der Waals surface area contributed by atoms with Gasteiger partial charge >= 0.3 is 0 Å². The first-order valence-corrected chi connectivity index (χ1v) is 8.87. The fourth-order valence-corrected chi connectivity index (χ4v) is 2.73. The minimum atomic E-state index is -0.0557. The van der Waals surface area contributed by atoms with Crippen LogP contribution in [0, 0.1) is 0 Å². The highest BCUT2D eigenvalue weighted by atomic mass is 16.2. The van der Waals surface area contributed by atoms with E-state index in [4.69, 9.17) is 0 Å². The van der Waals surface area contributed by atoms with E-state index in [1.54, 1.807) is 38.4 Å². The number of carbonyl (C=O) groups excluding carboxylic acids is 2. The maximum Gasteiger partial charge on any atom is 0.253 e. The van der Waals surface area contributed by atoms with Crippen molar-refractivity contribution in [3.05, 3.63) is 65.7 Å². The lowest BCUT2D eigenvalue weighted by Gasteiger charge is -2.21. The molecule has 26 heavy (non-hydrogen) atoms. The molecule has 2 rings (SSSR count). The van der Waals surface area contributed by atoms with Gasteiger partial charge in [0.1, 0.15) is 0 Å². The number of nitrogens with one attached hydrogen (secondary N) is 1. The topological polar surface area (TPSA) is 52.7 Å². The van der Waals surface area contributed by atoms with Gasteiger partial charge in [-0.3, -0.25) is 14.5 Å². The zero-order valence-corrected chi connectivity index (χ0v) is 15.7. The van der Waals surface area contributed by atoms with Gasteiger partial charge in [-0.2, -0.15) is 0 Å². The van der Waals surface area contributed by atoms with Crippen LogP contribution in [-0.4, -0.2) is 48.8 Å². The van der Waals surface area contributed by atoms with Crippen molar-refractivity contribution in [1.82, 2.24) is 9.80 Å². The van der Waals surface area contributed by atoms with Crippen LogP contribution in [-0.2, 0) is 11.3 Å². The molecule has 0 aliphatic carbocycles. The van der Waals surface area contributed by atoms with E-state index in [0.717, 1.165) is 19.5 Å². The summed E-state index contributed by atoms with van der Waals surface area (Å²) in [5.74, 6) is -0.110. The van der Waals surface area contributed by atoms with Crippen LogP contribution in [0.4, 0.5) is 5.69 Å². The quantitative estimate of drug-likeness (QED) is 0.793. The number of nitrogens with zero attached hydrogens (tertiary/aromatic N) is 2. The second kappa shape index (κ2) is 9.73. The van der Waals surface area contributed by atoms with E-state index in [1.165, 1.54) is 10.5 Å². The molecule has 138 valence electrons. The summed E-state index contributed by atoms with van der Waals surface area (Å²) in [5.41, 5.74) is 2.49. The number of anilines is 1. The molecule has 0 unspecified atom stereocenters. The Bertz CT molecular complexity index is 712. The molecule has 2 amide bonds. The summed E-state index contributed by atoms with van der Waals surface area (Å²) in [6.45, 7) is 4.05. The minimum absolute atomic E-state index is 0.0546. The first-order chi connectivity index (χ1) is 12.5. The average molecular weight is 353 g/mol. The molecule has 0 bridgehead atoms. The largest absolute Gasteiger partial charge is 0.345 e. The van der Waals surface area contributed by atoms with E-state index in [1.807, 2.05) is 18.2 Å². The third kappa shape index (κ3) is 6.01. The molecular formula is C21H27N3O2. The normalized spacial score (nSPS) is 10.6. The smallest absolute Gasteiger partial charge is 0.253 e. The molecular weight excluding hydrogens is 326 g/mol. The van der Waals surface area contributed by atoms with Gasteiger partial charge < -0.3 is 10.2 Å². The number of rotatable bonds is 8. The summed E-state index contributed by atoms with van der Waals surface area (Å²) in [6.07, 6.45) is 0.988. The van der Waals surface area contributed by atoms with Crippen LogP contribution in [0.15, 0.2) is 54.6 Å². The highest BCUT2D eigenvalue weighted by molar-refractivity contribution is 5.96. The number of carbonyl (C=O) groups is 2. The Hall–Kier alpha value is -2.66.